The molecular formula is C23H20BrF3N2O4. The standard InChI is InChI=1S/C23H20BrF3N2O4/c1-11-18(15-9-14(6-7-16(15)26)29-22(31)23(2,3)32)20(19(24)21(30)28-11)33-10-12-4-5-13(25)8-17(12)27/h4-9,32H,10H2,1-3H3,(H,28,30)(H,29,31). The van der Waals surface area contributed by atoms with Crippen LogP contribution in [-0.2, 0) is 11.4 Å². The zero-order valence-electron chi connectivity index (χ0n) is 17.9. The van der Waals surface area contributed by atoms with Crippen LogP contribution in [0, 0.1) is 24.4 Å². The molecule has 2 aromatic carbocycles. The number of anilines is 1. The van der Waals surface area contributed by atoms with Gasteiger partial charge in [-0.05, 0) is 67.0 Å². The van der Waals surface area contributed by atoms with Crippen LogP contribution in [0.3, 0.4) is 0 Å². The number of halogens is 4. The zero-order chi connectivity index (χ0) is 24.5. The molecule has 0 bridgehead atoms. The van der Waals surface area contributed by atoms with Gasteiger partial charge in [0.15, 0.2) is 0 Å². The first kappa shape index (κ1) is 24.5. The Hall–Kier alpha value is -3.11. The van der Waals surface area contributed by atoms with Crippen molar-refractivity contribution in [3.05, 3.63) is 79.9 Å². The Bertz CT molecular complexity index is 1290. The molecule has 6 nitrogen and oxygen atoms in total. The molecule has 3 rings (SSSR count). The average Bonchev–Trinajstić information content (AvgIpc) is 2.71. The maximum Gasteiger partial charge on any atom is 0.266 e. The average molecular weight is 525 g/mol. The van der Waals surface area contributed by atoms with Gasteiger partial charge >= 0.3 is 0 Å². The van der Waals surface area contributed by atoms with Gasteiger partial charge in [0.05, 0.1) is 0 Å². The molecule has 0 aliphatic rings. The lowest BCUT2D eigenvalue weighted by atomic mass is 10.0. The Morgan fingerprint density at radius 3 is 2.48 bits per heavy atom. The molecule has 0 saturated heterocycles. The number of pyridine rings is 1. The molecular weight excluding hydrogens is 505 g/mol. The van der Waals surface area contributed by atoms with Crippen LogP contribution in [0.25, 0.3) is 11.1 Å². The maximum absolute atomic E-state index is 14.9. The third kappa shape index (κ3) is 5.45. The molecule has 174 valence electrons. The van der Waals surface area contributed by atoms with Crippen LogP contribution < -0.4 is 15.6 Å². The van der Waals surface area contributed by atoms with Crippen LogP contribution in [0.1, 0.15) is 25.1 Å². The minimum Gasteiger partial charge on any atom is -0.487 e. The monoisotopic (exact) mass is 524 g/mol. The summed E-state index contributed by atoms with van der Waals surface area (Å²) in [6, 6.07) is 6.70. The number of hydrogen-bond acceptors (Lipinski definition) is 4. The van der Waals surface area contributed by atoms with Crippen molar-refractivity contribution in [2.45, 2.75) is 33.0 Å². The van der Waals surface area contributed by atoms with Gasteiger partial charge in [0.2, 0.25) is 0 Å². The summed E-state index contributed by atoms with van der Waals surface area (Å²) in [5.41, 5.74) is -1.62. The zero-order valence-corrected chi connectivity index (χ0v) is 19.4. The number of benzene rings is 2. The molecule has 10 heteroatoms. The van der Waals surface area contributed by atoms with Gasteiger partial charge in [0.25, 0.3) is 11.5 Å². The molecule has 0 fully saturated rings. The summed E-state index contributed by atoms with van der Waals surface area (Å²) in [5.74, 6) is -3.04. The number of carbonyl (C=O) groups excluding carboxylic acids is 1. The van der Waals surface area contributed by atoms with E-state index in [4.69, 9.17) is 4.74 Å². The highest BCUT2D eigenvalue weighted by molar-refractivity contribution is 9.10. The van der Waals surface area contributed by atoms with Gasteiger partial charge < -0.3 is 20.1 Å². The minimum absolute atomic E-state index is 0.0208. The number of aromatic amines is 1. The van der Waals surface area contributed by atoms with Crippen molar-refractivity contribution in [2.24, 2.45) is 0 Å². The summed E-state index contributed by atoms with van der Waals surface area (Å²) < 4.78 is 47.7. The summed E-state index contributed by atoms with van der Waals surface area (Å²) in [6.45, 7) is 3.76. The first-order valence-electron chi connectivity index (χ1n) is 9.71. The van der Waals surface area contributed by atoms with Crippen molar-refractivity contribution < 1.29 is 27.8 Å². The lowest BCUT2D eigenvalue weighted by Gasteiger charge is -2.19. The lowest BCUT2D eigenvalue weighted by Crippen LogP contribution is -2.36. The van der Waals surface area contributed by atoms with E-state index in [0.717, 1.165) is 12.1 Å². The molecule has 0 saturated carbocycles. The van der Waals surface area contributed by atoms with Crippen molar-refractivity contribution in [2.75, 3.05) is 5.32 Å². The molecule has 0 spiro atoms. The maximum atomic E-state index is 14.9. The van der Waals surface area contributed by atoms with Gasteiger partial charge in [0, 0.05) is 34.1 Å². The Balaban J connectivity index is 2.08. The summed E-state index contributed by atoms with van der Waals surface area (Å²) in [6.07, 6.45) is 0. The second kappa shape index (κ2) is 9.40. The smallest absolute Gasteiger partial charge is 0.266 e. The molecule has 33 heavy (non-hydrogen) atoms. The molecule has 1 amide bonds. The SMILES string of the molecule is Cc1[nH]c(=O)c(Br)c(OCc2ccc(F)cc2F)c1-c1cc(NC(=O)C(C)(C)O)ccc1F. The number of aliphatic hydroxyl groups is 1. The van der Waals surface area contributed by atoms with Gasteiger partial charge in [0.1, 0.15) is 39.9 Å². The topological polar surface area (TPSA) is 91.4 Å². The highest BCUT2D eigenvalue weighted by atomic mass is 79.9. The number of carbonyl (C=O) groups is 1. The van der Waals surface area contributed by atoms with Gasteiger partial charge in [-0.1, -0.05) is 0 Å². The number of aromatic nitrogens is 1. The normalized spacial score (nSPS) is 11.4. The predicted octanol–water partition coefficient (Wildman–Crippen LogP) is 4.82. The molecule has 0 unspecified atom stereocenters. The van der Waals surface area contributed by atoms with E-state index in [1.807, 2.05) is 0 Å². The fourth-order valence-corrected chi connectivity index (χ4v) is 3.41. The Kier molecular flexibility index (Phi) is 6.99. The van der Waals surface area contributed by atoms with Crippen molar-refractivity contribution in [1.29, 1.82) is 0 Å². The van der Waals surface area contributed by atoms with E-state index >= 15 is 0 Å². The number of amides is 1. The molecule has 0 atom stereocenters. The number of hydrogen-bond donors (Lipinski definition) is 3. The molecule has 0 aliphatic carbocycles. The number of rotatable bonds is 6. The van der Waals surface area contributed by atoms with Crippen molar-refractivity contribution in [3.8, 4) is 16.9 Å². The Labute approximate surface area is 195 Å². The largest absolute Gasteiger partial charge is 0.487 e. The molecule has 3 N–H and O–H groups in total. The first-order chi connectivity index (χ1) is 15.4. The first-order valence-corrected chi connectivity index (χ1v) is 10.5. The van der Waals surface area contributed by atoms with E-state index in [9.17, 15) is 27.9 Å². The summed E-state index contributed by atoms with van der Waals surface area (Å²) >= 11 is 3.13. The van der Waals surface area contributed by atoms with Crippen molar-refractivity contribution >= 4 is 27.5 Å². The number of ether oxygens (including phenoxy) is 1. The predicted molar refractivity (Wildman–Crippen MR) is 121 cm³/mol. The van der Waals surface area contributed by atoms with E-state index in [1.165, 1.54) is 39.0 Å². The van der Waals surface area contributed by atoms with E-state index in [0.29, 0.717) is 6.07 Å². The highest BCUT2D eigenvalue weighted by Gasteiger charge is 2.25. The van der Waals surface area contributed by atoms with Gasteiger partial charge in [-0.25, -0.2) is 13.2 Å². The summed E-state index contributed by atoms with van der Waals surface area (Å²) in [7, 11) is 0. The second-order valence-corrected chi connectivity index (χ2v) is 8.62. The second-order valence-electron chi connectivity index (χ2n) is 7.83. The summed E-state index contributed by atoms with van der Waals surface area (Å²) in [4.78, 5) is 27.0. The third-order valence-corrected chi connectivity index (χ3v) is 5.46. The minimum atomic E-state index is -1.67. The van der Waals surface area contributed by atoms with Crippen molar-refractivity contribution in [3.63, 3.8) is 0 Å². The van der Waals surface area contributed by atoms with Crippen LogP contribution in [0.2, 0.25) is 0 Å². The quantitative estimate of drug-likeness (QED) is 0.431. The number of H-pyrrole nitrogens is 1. The van der Waals surface area contributed by atoms with E-state index < -0.39 is 34.5 Å². The fourth-order valence-electron chi connectivity index (χ4n) is 3.00. The van der Waals surface area contributed by atoms with Crippen LogP contribution >= 0.6 is 15.9 Å². The molecule has 1 aromatic heterocycles. The molecule has 1 heterocycles. The van der Waals surface area contributed by atoms with Gasteiger partial charge in [-0.2, -0.15) is 0 Å². The van der Waals surface area contributed by atoms with E-state index in [2.05, 4.69) is 26.2 Å². The van der Waals surface area contributed by atoms with E-state index in [1.54, 1.807) is 0 Å². The Morgan fingerprint density at radius 1 is 1.15 bits per heavy atom. The van der Waals surface area contributed by atoms with E-state index in [-0.39, 0.29) is 44.9 Å². The van der Waals surface area contributed by atoms with Gasteiger partial charge in [-0.3, -0.25) is 9.59 Å². The summed E-state index contributed by atoms with van der Waals surface area (Å²) in [5, 5.41) is 12.3. The number of nitrogens with one attached hydrogen (secondary N) is 2. The van der Waals surface area contributed by atoms with Crippen molar-refractivity contribution in [1.82, 2.24) is 4.98 Å². The van der Waals surface area contributed by atoms with Gasteiger partial charge in [-0.15, -0.1) is 0 Å². The number of aryl methyl sites for hydroxylation is 1. The molecule has 0 aliphatic heterocycles. The van der Waals surface area contributed by atoms with Crippen LogP contribution in [0.4, 0.5) is 18.9 Å². The third-order valence-electron chi connectivity index (χ3n) is 4.74. The van der Waals surface area contributed by atoms with Crippen LogP contribution in [0.15, 0.2) is 45.7 Å². The Morgan fingerprint density at radius 2 is 1.85 bits per heavy atom. The molecule has 0 radical (unpaired) electrons. The fraction of sp³-hybridized carbons (Fsp3) is 0.217. The van der Waals surface area contributed by atoms with Crippen LogP contribution in [0.5, 0.6) is 5.75 Å². The lowest BCUT2D eigenvalue weighted by molar-refractivity contribution is -0.130. The van der Waals surface area contributed by atoms with Crippen LogP contribution in [-0.4, -0.2) is 21.6 Å². The molecule has 3 aromatic rings. The highest BCUT2D eigenvalue weighted by Crippen LogP contribution is 2.39.